The summed E-state index contributed by atoms with van der Waals surface area (Å²) >= 11 is 0. The second-order valence-corrected chi connectivity index (χ2v) is 7.79. The van der Waals surface area contributed by atoms with E-state index < -0.39 is 11.7 Å². The molecule has 156 valence electrons. The maximum absolute atomic E-state index is 12.7. The number of alkyl halides is 3. The minimum atomic E-state index is -4.28. The minimum Gasteiger partial charge on any atom is -0.355 e. The first-order valence-electron chi connectivity index (χ1n) is 9.91. The highest BCUT2D eigenvalue weighted by Gasteiger charge is 2.30. The fraction of sp³-hybridized carbons (Fsp3) is 0.650. The van der Waals surface area contributed by atoms with Crippen LogP contribution in [0.25, 0.3) is 0 Å². The Morgan fingerprint density at radius 1 is 1.18 bits per heavy atom. The van der Waals surface area contributed by atoms with Crippen LogP contribution in [0.1, 0.15) is 30.4 Å². The Morgan fingerprint density at radius 2 is 1.93 bits per heavy atom. The highest BCUT2D eigenvalue weighted by Crippen LogP contribution is 2.29. The van der Waals surface area contributed by atoms with E-state index in [0.29, 0.717) is 18.6 Å². The maximum atomic E-state index is 12.7. The van der Waals surface area contributed by atoms with Crippen LogP contribution in [0.4, 0.5) is 13.2 Å². The Hall–Kier alpha value is -1.80. The lowest BCUT2D eigenvalue weighted by Gasteiger charge is -2.23. The van der Waals surface area contributed by atoms with E-state index in [0.717, 1.165) is 56.3 Å². The zero-order valence-electron chi connectivity index (χ0n) is 16.6. The van der Waals surface area contributed by atoms with Gasteiger partial charge in [-0.2, -0.15) is 13.2 Å². The van der Waals surface area contributed by atoms with Crippen LogP contribution in [-0.4, -0.2) is 68.1 Å². The quantitative estimate of drug-likeness (QED) is 0.592. The average molecular weight is 397 g/mol. The van der Waals surface area contributed by atoms with Gasteiger partial charge in [0.1, 0.15) is 0 Å². The topological polar surface area (TPSA) is 42.9 Å². The molecular weight excluding hydrogens is 367 g/mol. The van der Waals surface area contributed by atoms with Gasteiger partial charge in [-0.25, -0.2) is 0 Å². The highest BCUT2D eigenvalue weighted by atomic mass is 19.4. The van der Waals surface area contributed by atoms with Crippen LogP contribution in [0.3, 0.4) is 0 Å². The number of guanidine groups is 1. The van der Waals surface area contributed by atoms with E-state index in [9.17, 15) is 13.2 Å². The molecule has 2 fully saturated rings. The summed E-state index contributed by atoms with van der Waals surface area (Å²) in [6.45, 7) is 4.47. The number of rotatable bonds is 5. The van der Waals surface area contributed by atoms with Crippen molar-refractivity contribution in [2.45, 2.75) is 44.1 Å². The molecular formula is C20H30F3N5. The molecule has 2 atom stereocenters. The number of hydrogen-bond acceptors (Lipinski definition) is 3. The molecule has 0 radical (unpaired) electrons. The molecule has 0 saturated carbocycles. The number of likely N-dealkylation sites (N-methyl/N-ethyl adjacent to an activating group) is 1. The van der Waals surface area contributed by atoms with Crippen molar-refractivity contribution < 1.29 is 13.2 Å². The second kappa shape index (κ2) is 9.13. The molecule has 3 rings (SSSR count). The Kier molecular flexibility index (Phi) is 6.82. The van der Waals surface area contributed by atoms with Gasteiger partial charge in [0.15, 0.2) is 5.96 Å². The lowest BCUT2D eigenvalue weighted by molar-refractivity contribution is -0.137. The summed E-state index contributed by atoms with van der Waals surface area (Å²) in [5.74, 6) is 0.821. The van der Waals surface area contributed by atoms with Gasteiger partial charge in [0.05, 0.1) is 5.56 Å². The first-order valence-corrected chi connectivity index (χ1v) is 9.91. The second-order valence-electron chi connectivity index (χ2n) is 7.79. The van der Waals surface area contributed by atoms with Gasteiger partial charge in [0, 0.05) is 45.3 Å². The van der Waals surface area contributed by atoms with E-state index in [1.165, 1.54) is 12.8 Å². The molecule has 0 spiro atoms. The number of hydrogen-bond donors (Lipinski definition) is 2. The summed E-state index contributed by atoms with van der Waals surface area (Å²) in [6, 6.07) is 6.31. The van der Waals surface area contributed by atoms with Gasteiger partial charge in [-0.1, -0.05) is 12.1 Å². The lowest BCUT2D eigenvalue weighted by atomic mass is 10.1. The van der Waals surface area contributed by atoms with Gasteiger partial charge in [0.2, 0.25) is 0 Å². The predicted octanol–water partition coefficient (Wildman–Crippen LogP) is 2.54. The molecule has 28 heavy (non-hydrogen) atoms. The van der Waals surface area contributed by atoms with Crippen LogP contribution >= 0.6 is 0 Å². The highest BCUT2D eigenvalue weighted by molar-refractivity contribution is 5.80. The standard InChI is InChI=1S/C20H30F3N5/c1-24-19(25-12-18-4-3-10-27(18)2)26-17-9-11-28(14-17)13-15-5-7-16(8-6-15)20(21,22)23/h5-8,17-18H,3-4,9-14H2,1-2H3,(H2,24,25,26). The molecule has 2 saturated heterocycles. The lowest BCUT2D eigenvalue weighted by Crippen LogP contribution is -2.48. The van der Waals surface area contributed by atoms with Crippen LogP contribution in [-0.2, 0) is 12.7 Å². The Balaban J connectivity index is 1.44. The SMILES string of the molecule is CN=C(NCC1CCCN1C)NC1CCN(Cc2ccc(C(F)(F)F)cc2)C1. The largest absolute Gasteiger partial charge is 0.416 e. The third kappa shape index (κ3) is 5.61. The molecule has 0 amide bonds. The van der Waals surface area contributed by atoms with Gasteiger partial charge < -0.3 is 15.5 Å². The van der Waals surface area contributed by atoms with Crippen molar-refractivity contribution in [1.82, 2.24) is 20.4 Å². The first kappa shape index (κ1) is 20.9. The molecule has 0 bridgehead atoms. The molecule has 1 aromatic rings. The van der Waals surface area contributed by atoms with Crippen LogP contribution < -0.4 is 10.6 Å². The van der Waals surface area contributed by atoms with E-state index >= 15 is 0 Å². The molecule has 8 heteroatoms. The normalized spacial score (nSPS) is 24.7. The third-order valence-corrected chi connectivity index (χ3v) is 5.70. The number of nitrogens with zero attached hydrogens (tertiary/aromatic N) is 3. The summed E-state index contributed by atoms with van der Waals surface area (Å²) < 4.78 is 38.0. The van der Waals surface area contributed by atoms with E-state index in [1.807, 2.05) is 0 Å². The summed E-state index contributed by atoms with van der Waals surface area (Å²) in [6.07, 6.45) is -0.830. The average Bonchev–Trinajstić information content (AvgIpc) is 3.27. The smallest absolute Gasteiger partial charge is 0.355 e. The molecule has 5 nitrogen and oxygen atoms in total. The molecule has 2 aliphatic rings. The maximum Gasteiger partial charge on any atom is 0.416 e. The van der Waals surface area contributed by atoms with Crippen molar-refractivity contribution in [3.8, 4) is 0 Å². The van der Waals surface area contributed by atoms with Crippen molar-refractivity contribution in [2.24, 2.45) is 4.99 Å². The van der Waals surface area contributed by atoms with Crippen molar-refractivity contribution in [1.29, 1.82) is 0 Å². The third-order valence-electron chi connectivity index (χ3n) is 5.70. The van der Waals surface area contributed by atoms with E-state index in [4.69, 9.17) is 0 Å². The number of nitrogens with one attached hydrogen (secondary N) is 2. The zero-order chi connectivity index (χ0) is 20.1. The minimum absolute atomic E-state index is 0.293. The fourth-order valence-corrected chi connectivity index (χ4v) is 3.99. The Morgan fingerprint density at radius 3 is 2.54 bits per heavy atom. The molecule has 2 unspecified atom stereocenters. The van der Waals surface area contributed by atoms with Gasteiger partial charge in [0.25, 0.3) is 0 Å². The molecule has 0 aliphatic carbocycles. The molecule has 2 N–H and O–H groups in total. The van der Waals surface area contributed by atoms with Gasteiger partial charge in [-0.05, 0) is 50.6 Å². The summed E-state index contributed by atoms with van der Waals surface area (Å²) in [5.41, 5.74) is 0.306. The van der Waals surface area contributed by atoms with Crippen molar-refractivity contribution >= 4 is 5.96 Å². The molecule has 2 heterocycles. The van der Waals surface area contributed by atoms with Crippen molar-refractivity contribution in [3.05, 3.63) is 35.4 Å². The zero-order valence-corrected chi connectivity index (χ0v) is 16.6. The Labute approximate surface area is 165 Å². The van der Waals surface area contributed by atoms with Gasteiger partial charge >= 0.3 is 6.18 Å². The summed E-state index contributed by atoms with van der Waals surface area (Å²) in [5, 5.41) is 6.90. The van der Waals surface area contributed by atoms with E-state index in [-0.39, 0.29) is 0 Å². The number of aliphatic imine (C=N–C) groups is 1. The number of likely N-dealkylation sites (tertiary alicyclic amines) is 2. The van der Waals surface area contributed by atoms with E-state index in [2.05, 4.69) is 32.5 Å². The number of benzene rings is 1. The first-order chi connectivity index (χ1) is 13.3. The molecule has 0 aromatic heterocycles. The predicted molar refractivity (Wildman–Crippen MR) is 105 cm³/mol. The number of halogens is 3. The van der Waals surface area contributed by atoms with Gasteiger partial charge in [-0.3, -0.25) is 9.89 Å². The van der Waals surface area contributed by atoms with E-state index in [1.54, 1.807) is 19.2 Å². The Bertz CT molecular complexity index is 659. The van der Waals surface area contributed by atoms with Crippen LogP contribution in [0, 0.1) is 0 Å². The summed E-state index contributed by atoms with van der Waals surface area (Å²) in [7, 11) is 3.94. The van der Waals surface area contributed by atoms with Crippen molar-refractivity contribution in [3.63, 3.8) is 0 Å². The van der Waals surface area contributed by atoms with Crippen LogP contribution in [0.5, 0.6) is 0 Å². The molecule has 2 aliphatic heterocycles. The molecule has 1 aromatic carbocycles. The van der Waals surface area contributed by atoms with Gasteiger partial charge in [-0.15, -0.1) is 0 Å². The fourth-order valence-electron chi connectivity index (χ4n) is 3.99. The van der Waals surface area contributed by atoms with Crippen LogP contribution in [0.15, 0.2) is 29.3 Å². The van der Waals surface area contributed by atoms with Crippen molar-refractivity contribution in [2.75, 3.05) is 40.3 Å². The summed E-state index contributed by atoms with van der Waals surface area (Å²) in [4.78, 5) is 8.97. The van der Waals surface area contributed by atoms with Crippen LogP contribution in [0.2, 0.25) is 0 Å². The monoisotopic (exact) mass is 397 g/mol.